The molecule has 0 saturated heterocycles. The van der Waals surface area contributed by atoms with Gasteiger partial charge in [-0.3, -0.25) is 10.1 Å². The Morgan fingerprint density at radius 2 is 1.60 bits per heavy atom. The molecule has 1 rings (SSSR count). The van der Waals surface area contributed by atoms with Crippen molar-refractivity contribution < 1.29 is 4.79 Å². The van der Waals surface area contributed by atoms with Crippen molar-refractivity contribution in [2.24, 2.45) is 11.3 Å². The Morgan fingerprint density at radius 1 is 1.20 bits per heavy atom. The van der Waals surface area contributed by atoms with Crippen molar-refractivity contribution in [3.05, 3.63) is 0 Å². The molecule has 0 aromatic heterocycles. The standard InChI is InChI=1S/C13H25NO/c1-9-8-13(9,14-12(5,6)7)10(15)11(2,3)4/h9,14H,8H2,1-7H3/t9-,13+/m1/s1. The lowest BCUT2D eigenvalue weighted by molar-refractivity contribution is -0.130. The summed E-state index contributed by atoms with van der Waals surface area (Å²) in [5, 5.41) is 3.51. The van der Waals surface area contributed by atoms with Crippen LogP contribution in [0.25, 0.3) is 0 Å². The summed E-state index contributed by atoms with van der Waals surface area (Å²) in [7, 11) is 0. The number of carbonyl (C=O) groups excluding carboxylic acids is 1. The quantitative estimate of drug-likeness (QED) is 0.761. The summed E-state index contributed by atoms with van der Waals surface area (Å²) >= 11 is 0. The van der Waals surface area contributed by atoms with Gasteiger partial charge < -0.3 is 0 Å². The van der Waals surface area contributed by atoms with Crippen LogP contribution in [-0.2, 0) is 4.79 Å². The Hall–Kier alpha value is -0.370. The van der Waals surface area contributed by atoms with E-state index in [2.05, 4.69) is 33.0 Å². The van der Waals surface area contributed by atoms with Gasteiger partial charge in [-0.1, -0.05) is 27.7 Å². The van der Waals surface area contributed by atoms with Crippen LogP contribution < -0.4 is 5.32 Å². The number of rotatable bonds is 2. The molecular formula is C13H25NO. The Morgan fingerprint density at radius 3 is 1.80 bits per heavy atom. The molecule has 0 aromatic rings. The summed E-state index contributed by atoms with van der Waals surface area (Å²) in [6.07, 6.45) is 0.986. The van der Waals surface area contributed by atoms with Crippen molar-refractivity contribution in [2.45, 2.75) is 66.0 Å². The molecule has 0 spiro atoms. The molecule has 0 aromatic carbocycles. The van der Waals surface area contributed by atoms with Crippen LogP contribution in [0.2, 0.25) is 0 Å². The fourth-order valence-electron chi connectivity index (χ4n) is 2.31. The van der Waals surface area contributed by atoms with Crippen molar-refractivity contribution in [3.8, 4) is 0 Å². The van der Waals surface area contributed by atoms with Gasteiger partial charge in [-0.05, 0) is 33.1 Å². The van der Waals surface area contributed by atoms with Crippen molar-refractivity contribution in [2.75, 3.05) is 0 Å². The lowest BCUT2D eigenvalue weighted by Gasteiger charge is -2.32. The maximum absolute atomic E-state index is 12.4. The molecular weight excluding hydrogens is 186 g/mol. The Bertz CT molecular complexity index is 269. The molecule has 2 atom stereocenters. The van der Waals surface area contributed by atoms with E-state index in [1.54, 1.807) is 0 Å². The smallest absolute Gasteiger partial charge is 0.158 e. The first-order valence-electron chi connectivity index (χ1n) is 5.83. The van der Waals surface area contributed by atoms with Crippen LogP contribution in [0, 0.1) is 11.3 Å². The lowest BCUT2D eigenvalue weighted by atomic mass is 9.83. The summed E-state index contributed by atoms with van der Waals surface area (Å²) < 4.78 is 0. The third-order valence-corrected chi connectivity index (χ3v) is 2.99. The molecule has 0 radical (unpaired) electrons. The maximum atomic E-state index is 12.4. The SMILES string of the molecule is C[C@@H]1C[C@@]1(NC(C)(C)C)C(=O)C(C)(C)C. The summed E-state index contributed by atoms with van der Waals surface area (Å²) in [5.74, 6) is 0.834. The first-order chi connectivity index (χ1) is 6.49. The topological polar surface area (TPSA) is 29.1 Å². The largest absolute Gasteiger partial charge is 0.300 e. The highest BCUT2D eigenvalue weighted by Crippen LogP contribution is 2.48. The minimum absolute atomic E-state index is 0.00563. The monoisotopic (exact) mass is 211 g/mol. The molecule has 2 heteroatoms. The summed E-state index contributed by atoms with van der Waals surface area (Å²) in [6.45, 7) is 14.5. The van der Waals surface area contributed by atoms with Gasteiger partial charge in [0.05, 0.1) is 5.54 Å². The Balaban J connectivity index is 2.85. The minimum Gasteiger partial charge on any atom is -0.300 e. The molecule has 0 amide bonds. The number of carbonyl (C=O) groups is 1. The van der Waals surface area contributed by atoms with Crippen molar-refractivity contribution >= 4 is 5.78 Å². The number of ketones is 1. The molecule has 1 fully saturated rings. The lowest BCUT2D eigenvalue weighted by Crippen LogP contribution is -2.54. The Kier molecular flexibility index (Phi) is 2.80. The third-order valence-electron chi connectivity index (χ3n) is 2.99. The zero-order valence-corrected chi connectivity index (χ0v) is 11.2. The molecule has 0 heterocycles. The fraction of sp³-hybridized carbons (Fsp3) is 0.923. The van der Waals surface area contributed by atoms with Crippen molar-refractivity contribution in [1.82, 2.24) is 5.32 Å². The average molecular weight is 211 g/mol. The maximum Gasteiger partial charge on any atom is 0.158 e. The third kappa shape index (κ3) is 2.60. The summed E-state index contributed by atoms with van der Waals surface area (Å²) in [6, 6.07) is 0. The van der Waals surface area contributed by atoms with Crippen LogP contribution in [0.4, 0.5) is 0 Å². The van der Waals surface area contributed by atoms with Gasteiger partial charge in [0.1, 0.15) is 0 Å². The van der Waals surface area contributed by atoms with Gasteiger partial charge in [-0.2, -0.15) is 0 Å². The number of hydrogen-bond acceptors (Lipinski definition) is 2. The van der Waals surface area contributed by atoms with Crippen LogP contribution in [0.15, 0.2) is 0 Å². The van der Waals surface area contributed by atoms with E-state index in [4.69, 9.17) is 0 Å². The predicted octanol–water partition coefficient (Wildman–Crippen LogP) is 2.77. The number of hydrogen-bond donors (Lipinski definition) is 1. The van der Waals surface area contributed by atoms with Crippen LogP contribution in [0.5, 0.6) is 0 Å². The van der Waals surface area contributed by atoms with Crippen molar-refractivity contribution in [1.29, 1.82) is 0 Å². The van der Waals surface area contributed by atoms with E-state index < -0.39 is 0 Å². The van der Waals surface area contributed by atoms with E-state index >= 15 is 0 Å². The van der Waals surface area contributed by atoms with Crippen LogP contribution in [0.3, 0.4) is 0 Å². The van der Waals surface area contributed by atoms with E-state index in [0.29, 0.717) is 11.7 Å². The van der Waals surface area contributed by atoms with Gasteiger partial charge in [0, 0.05) is 11.0 Å². The molecule has 0 unspecified atom stereocenters. The molecule has 1 aliphatic rings. The number of nitrogens with one attached hydrogen (secondary N) is 1. The Labute approximate surface area is 93.8 Å². The average Bonchev–Trinajstić information content (AvgIpc) is 2.55. The molecule has 0 bridgehead atoms. The molecule has 0 aliphatic heterocycles. The second-order valence-electron chi connectivity index (χ2n) is 7.03. The van der Waals surface area contributed by atoms with Gasteiger partial charge in [-0.15, -0.1) is 0 Å². The second-order valence-corrected chi connectivity index (χ2v) is 7.03. The van der Waals surface area contributed by atoms with Crippen LogP contribution >= 0.6 is 0 Å². The molecule has 88 valence electrons. The normalized spacial score (nSPS) is 31.5. The summed E-state index contributed by atoms with van der Waals surface area (Å²) in [5.41, 5.74) is -0.495. The highest BCUT2D eigenvalue weighted by molar-refractivity contribution is 5.96. The van der Waals surface area contributed by atoms with Gasteiger partial charge in [0.2, 0.25) is 0 Å². The highest BCUT2D eigenvalue weighted by Gasteiger charge is 2.60. The van der Waals surface area contributed by atoms with Crippen LogP contribution in [0.1, 0.15) is 54.9 Å². The number of Topliss-reactive ketones (excluding diaryl/α,β-unsaturated/α-hetero) is 1. The zero-order chi connectivity index (χ0) is 12.1. The van der Waals surface area contributed by atoms with E-state index in [1.165, 1.54) is 0 Å². The minimum atomic E-state index is -0.253. The van der Waals surface area contributed by atoms with Gasteiger partial charge >= 0.3 is 0 Å². The van der Waals surface area contributed by atoms with Crippen LogP contribution in [-0.4, -0.2) is 16.9 Å². The zero-order valence-electron chi connectivity index (χ0n) is 11.2. The van der Waals surface area contributed by atoms with Gasteiger partial charge in [0.25, 0.3) is 0 Å². The highest BCUT2D eigenvalue weighted by atomic mass is 16.1. The van der Waals surface area contributed by atoms with Crippen molar-refractivity contribution in [3.63, 3.8) is 0 Å². The van der Waals surface area contributed by atoms with Gasteiger partial charge in [-0.25, -0.2) is 0 Å². The second kappa shape index (κ2) is 3.31. The van der Waals surface area contributed by atoms with E-state index in [9.17, 15) is 4.79 Å². The van der Waals surface area contributed by atoms with E-state index in [0.717, 1.165) is 6.42 Å². The van der Waals surface area contributed by atoms with E-state index in [-0.39, 0.29) is 16.5 Å². The van der Waals surface area contributed by atoms with Gasteiger partial charge in [0.15, 0.2) is 5.78 Å². The molecule has 1 saturated carbocycles. The molecule has 1 aliphatic carbocycles. The molecule has 15 heavy (non-hydrogen) atoms. The molecule has 2 nitrogen and oxygen atoms in total. The van der Waals surface area contributed by atoms with E-state index in [1.807, 2.05) is 20.8 Å². The fourth-order valence-corrected chi connectivity index (χ4v) is 2.31. The first kappa shape index (κ1) is 12.7. The summed E-state index contributed by atoms with van der Waals surface area (Å²) in [4.78, 5) is 12.4. The predicted molar refractivity (Wildman–Crippen MR) is 63.9 cm³/mol. The first-order valence-corrected chi connectivity index (χ1v) is 5.83. The molecule has 1 N–H and O–H groups in total.